The molecule has 0 aliphatic rings. The molecule has 6 nitrogen and oxygen atoms in total. The van der Waals surface area contributed by atoms with E-state index in [1.807, 2.05) is 66.7 Å². The number of furan rings is 1. The van der Waals surface area contributed by atoms with E-state index in [2.05, 4.69) is 15.5 Å². The molecular weight excluding hydrogens is 390 g/mol. The minimum atomic E-state index is -0.197. The number of amides is 1. The summed E-state index contributed by atoms with van der Waals surface area (Å²) in [5, 5.41) is 11.0. The summed E-state index contributed by atoms with van der Waals surface area (Å²) >= 11 is 0. The fourth-order valence-electron chi connectivity index (χ4n) is 3.24. The van der Waals surface area contributed by atoms with Crippen molar-refractivity contribution in [2.45, 2.75) is 0 Å². The van der Waals surface area contributed by atoms with Gasteiger partial charge in [0.25, 0.3) is 11.8 Å². The third-order valence-electron chi connectivity index (χ3n) is 4.76. The molecule has 0 spiro atoms. The Labute approximate surface area is 178 Å². The minimum Gasteiger partial charge on any atom is -0.459 e. The first-order valence-electron chi connectivity index (χ1n) is 9.71. The van der Waals surface area contributed by atoms with Crippen LogP contribution >= 0.6 is 0 Å². The number of aromatic nitrogens is 2. The molecule has 0 atom stereocenters. The third-order valence-corrected chi connectivity index (χ3v) is 4.76. The molecule has 5 rings (SSSR count). The van der Waals surface area contributed by atoms with Gasteiger partial charge in [0.2, 0.25) is 5.89 Å². The lowest BCUT2D eigenvalue weighted by atomic mass is 10.0. The van der Waals surface area contributed by atoms with E-state index in [4.69, 9.17) is 8.83 Å². The smallest absolute Gasteiger partial charge is 0.283 e. The van der Waals surface area contributed by atoms with Gasteiger partial charge in [0, 0.05) is 16.8 Å². The second-order valence-corrected chi connectivity index (χ2v) is 6.87. The standard InChI is InChI=1S/C25H17N3O3/c29-23(19-10-4-9-18(15-19)17-7-2-1-3-8-17)26-21-12-5-11-20(16-21)24-27-28-25(31-24)22-13-6-14-30-22/h1-16H,(H,26,29). The molecule has 0 aliphatic heterocycles. The lowest BCUT2D eigenvalue weighted by molar-refractivity contribution is 0.102. The molecule has 3 aromatic carbocycles. The molecule has 0 unspecified atom stereocenters. The second-order valence-electron chi connectivity index (χ2n) is 6.87. The molecular formula is C25H17N3O3. The molecule has 5 aromatic rings. The van der Waals surface area contributed by atoms with Crippen LogP contribution in [0.2, 0.25) is 0 Å². The fraction of sp³-hybridized carbons (Fsp3) is 0. The van der Waals surface area contributed by atoms with E-state index in [1.165, 1.54) is 0 Å². The summed E-state index contributed by atoms with van der Waals surface area (Å²) in [6, 6.07) is 28.2. The van der Waals surface area contributed by atoms with Gasteiger partial charge >= 0.3 is 0 Å². The van der Waals surface area contributed by atoms with Crippen molar-refractivity contribution in [2.24, 2.45) is 0 Å². The van der Waals surface area contributed by atoms with E-state index in [0.717, 1.165) is 11.1 Å². The van der Waals surface area contributed by atoms with E-state index in [9.17, 15) is 4.79 Å². The number of nitrogens with one attached hydrogen (secondary N) is 1. The summed E-state index contributed by atoms with van der Waals surface area (Å²) in [4.78, 5) is 12.8. The van der Waals surface area contributed by atoms with Crippen LogP contribution in [0, 0.1) is 0 Å². The molecule has 1 amide bonds. The summed E-state index contributed by atoms with van der Waals surface area (Å²) in [6.07, 6.45) is 1.54. The summed E-state index contributed by atoms with van der Waals surface area (Å²) in [5.74, 6) is 0.943. The lowest BCUT2D eigenvalue weighted by Gasteiger charge is -2.08. The van der Waals surface area contributed by atoms with Crippen LogP contribution < -0.4 is 5.32 Å². The Kier molecular flexibility index (Phi) is 4.86. The van der Waals surface area contributed by atoms with Crippen LogP contribution in [0.25, 0.3) is 34.2 Å². The van der Waals surface area contributed by atoms with Gasteiger partial charge in [0.05, 0.1) is 6.26 Å². The van der Waals surface area contributed by atoms with Crippen molar-refractivity contribution in [2.75, 3.05) is 5.32 Å². The minimum absolute atomic E-state index is 0.197. The molecule has 31 heavy (non-hydrogen) atoms. The van der Waals surface area contributed by atoms with Crippen molar-refractivity contribution < 1.29 is 13.6 Å². The molecule has 2 heterocycles. The van der Waals surface area contributed by atoms with Crippen LogP contribution in [0.5, 0.6) is 0 Å². The van der Waals surface area contributed by atoms with Gasteiger partial charge < -0.3 is 14.2 Å². The Balaban J connectivity index is 1.36. The summed E-state index contributed by atoms with van der Waals surface area (Å²) in [6.45, 7) is 0. The van der Waals surface area contributed by atoms with Crippen LogP contribution in [0.4, 0.5) is 5.69 Å². The largest absolute Gasteiger partial charge is 0.459 e. The monoisotopic (exact) mass is 407 g/mol. The number of nitrogens with zero attached hydrogens (tertiary/aromatic N) is 2. The number of carbonyl (C=O) groups excluding carboxylic acids is 1. The van der Waals surface area contributed by atoms with E-state index in [1.54, 1.807) is 30.5 Å². The molecule has 150 valence electrons. The highest BCUT2D eigenvalue weighted by Crippen LogP contribution is 2.26. The maximum atomic E-state index is 12.8. The average Bonchev–Trinajstić information content (AvgIpc) is 3.52. The predicted molar refractivity (Wildman–Crippen MR) is 117 cm³/mol. The average molecular weight is 407 g/mol. The molecule has 0 saturated carbocycles. The first-order chi connectivity index (χ1) is 15.3. The predicted octanol–water partition coefficient (Wildman–Crippen LogP) is 5.92. The van der Waals surface area contributed by atoms with Crippen molar-refractivity contribution in [3.05, 3.63) is 103 Å². The van der Waals surface area contributed by atoms with Gasteiger partial charge in [-0.3, -0.25) is 4.79 Å². The van der Waals surface area contributed by atoms with Crippen molar-refractivity contribution in [3.8, 4) is 34.2 Å². The van der Waals surface area contributed by atoms with E-state index in [-0.39, 0.29) is 5.91 Å². The quantitative estimate of drug-likeness (QED) is 0.391. The Hall–Kier alpha value is -4.45. The zero-order chi connectivity index (χ0) is 21.0. The summed E-state index contributed by atoms with van der Waals surface area (Å²) in [5.41, 5.74) is 3.94. The van der Waals surface area contributed by atoms with Gasteiger partial charge in [-0.05, 0) is 53.6 Å². The maximum Gasteiger partial charge on any atom is 0.283 e. The molecule has 0 fully saturated rings. The van der Waals surface area contributed by atoms with Gasteiger partial charge in [-0.25, -0.2) is 0 Å². The van der Waals surface area contributed by atoms with Gasteiger partial charge in [-0.15, -0.1) is 10.2 Å². The van der Waals surface area contributed by atoms with E-state index < -0.39 is 0 Å². The van der Waals surface area contributed by atoms with Gasteiger partial charge in [-0.1, -0.05) is 48.5 Å². The Morgan fingerprint density at radius 1 is 0.710 bits per heavy atom. The van der Waals surface area contributed by atoms with Crippen molar-refractivity contribution in [1.29, 1.82) is 0 Å². The zero-order valence-electron chi connectivity index (χ0n) is 16.4. The van der Waals surface area contributed by atoms with Crippen molar-refractivity contribution in [1.82, 2.24) is 10.2 Å². The number of rotatable bonds is 5. The van der Waals surface area contributed by atoms with E-state index >= 15 is 0 Å². The normalized spacial score (nSPS) is 10.7. The third kappa shape index (κ3) is 4.00. The van der Waals surface area contributed by atoms with Gasteiger partial charge in [-0.2, -0.15) is 0 Å². The number of benzene rings is 3. The highest BCUT2D eigenvalue weighted by atomic mass is 16.4. The number of carbonyl (C=O) groups is 1. The second kappa shape index (κ2) is 8.12. The molecule has 0 saturated heterocycles. The molecule has 0 aliphatic carbocycles. The molecule has 0 bridgehead atoms. The first-order valence-corrected chi connectivity index (χ1v) is 9.71. The van der Waals surface area contributed by atoms with E-state index in [0.29, 0.717) is 34.4 Å². The van der Waals surface area contributed by atoms with Crippen molar-refractivity contribution >= 4 is 11.6 Å². The number of hydrogen-bond donors (Lipinski definition) is 1. The molecule has 1 N–H and O–H groups in total. The van der Waals surface area contributed by atoms with Gasteiger partial charge in [0.15, 0.2) is 5.76 Å². The van der Waals surface area contributed by atoms with Crippen LogP contribution in [-0.2, 0) is 0 Å². The Bertz CT molecular complexity index is 1330. The Morgan fingerprint density at radius 3 is 2.32 bits per heavy atom. The topological polar surface area (TPSA) is 81.2 Å². The lowest BCUT2D eigenvalue weighted by Crippen LogP contribution is -2.11. The number of anilines is 1. The molecule has 2 aromatic heterocycles. The van der Waals surface area contributed by atoms with Crippen LogP contribution in [-0.4, -0.2) is 16.1 Å². The van der Waals surface area contributed by atoms with Crippen LogP contribution in [0.1, 0.15) is 10.4 Å². The van der Waals surface area contributed by atoms with Crippen LogP contribution in [0.3, 0.4) is 0 Å². The number of hydrogen-bond acceptors (Lipinski definition) is 5. The first kappa shape index (κ1) is 18.6. The highest BCUT2D eigenvalue weighted by Gasteiger charge is 2.14. The van der Waals surface area contributed by atoms with Gasteiger partial charge in [0.1, 0.15) is 0 Å². The maximum absolute atomic E-state index is 12.8. The molecule has 6 heteroatoms. The molecule has 0 radical (unpaired) electrons. The Morgan fingerprint density at radius 2 is 1.48 bits per heavy atom. The summed E-state index contributed by atoms with van der Waals surface area (Å²) in [7, 11) is 0. The summed E-state index contributed by atoms with van der Waals surface area (Å²) < 4.78 is 11.0. The van der Waals surface area contributed by atoms with Crippen LogP contribution in [0.15, 0.2) is 106 Å². The zero-order valence-corrected chi connectivity index (χ0v) is 16.4. The fourth-order valence-corrected chi connectivity index (χ4v) is 3.24. The highest BCUT2D eigenvalue weighted by molar-refractivity contribution is 6.05. The van der Waals surface area contributed by atoms with Crippen molar-refractivity contribution in [3.63, 3.8) is 0 Å². The SMILES string of the molecule is O=C(Nc1cccc(-c2nnc(-c3ccco3)o2)c1)c1cccc(-c2ccccc2)c1.